The molecule has 0 aliphatic carbocycles. The van der Waals surface area contributed by atoms with Gasteiger partial charge in [0.05, 0.1) is 13.6 Å². The maximum absolute atomic E-state index is 11.1. The van der Waals surface area contributed by atoms with Crippen molar-refractivity contribution in [3.05, 3.63) is 0 Å². The van der Waals surface area contributed by atoms with Crippen molar-refractivity contribution in [2.24, 2.45) is 0 Å². The molecule has 0 bridgehead atoms. The predicted octanol–water partition coefficient (Wildman–Crippen LogP) is 0.536. The fourth-order valence-corrected chi connectivity index (χ4v) is 4.80. The van der Waals surface area contributed by atoms with Crippen LogP contribution in [0, 0.1) is 0 Å². The second kappa shape index (κ2) is 3.84. The van der Waals surface area contributed by atoms with Gasteiger partial charge in [0.2, 0.25) is 9.76 Å². The van der Waals surface area contributed by atoms with E-state index in [9.17, 15) is 4.80 Å². The summed E-state index contributed by atoms with van der Waals surface area (Å²) in [6.45, 7) is 5.34. The zero-order chi connectivity index (χ0) is 8.32. The molecule has 1 saturated heterocycles. The SMILES string of the molecule is C[SiH](C)C1([SiH2][O])CCCCO1.[H+]. The molecule has 65 valence electrons. The van der Waals surface area contributed by atoms with Gasteiger partial charge in [0.15, 0.2) is 0 Å². The minimum Gasteiger partial charge on any atom is -0.380 e. The molecule has 0 aromatic heterocycles. The second-order valence-corrected chi connectivity index (χ2v) is 9.33. The van der Waals surface area contributed by atoms with Gasteiger partial charge >= 0.3 is 1.43 Å². The van der Waals surface area contributed by atoms with E-state index in [0.29, 0.717) is 0 Å². The zero-order valence-corrected chi connectivity index (χ0v) is 10.00. The lowest BCUT2D eigenvalue weighted by molar-refractivity contribution is 0.0222. The Morgan fingerprint density at radius 1 is 1.55 bits per heavy atom. The molecule has 0 aromatic carbocycles. The smallest absolute Gasteiger partial charge is 0.380 e. The summed E-state index contributed by atoms with van der Waals surface area (Å²) in [7, 11) is -2.06. The maximum Gasteiger partial charge on any atom is 1.00 e. The maximum atomic E-state index is 11.1. The first-order chi connectivity index (χ1) is 5.21. The summed E-state index contributed by atoms with van der Waals surface area (Å²) in [6.07, 6.45) is 3.46. The van der Waals surface area contributed by atoms with E-state index < -0.39 is 18.6 Å². The van der Waals surface area contributed by atoms with Crippen molar-refractivity contribution < 1.29 is 11.0 Å². The fraction of sp³-hybridized carbons (Fsp3) is 1.00. The molecule has 11 heavy (non-hydrogen) atoms. The zero-order valence-electron chi connectivity index (χ0n) is 8.43. The molecular formula is C7H18O2Si2+. The largest absolute Gasteiger partial charge is 1.00 e. The van der Waals surface area contributed by atoms with Crippen LogP contribution in [-0.2, 0) is 9.53 Å². The summed E-state index contributed by atoms with van der Waals surface area (Å²) in [4.78, 5) is 11.0. The van der Waals surface area contributed by atoms with Crippen molar-refractivity contribution in [2.75, 3.05) is 6.61 Å². The summed E-state index contributed by atoms with van der Waals surface area (Å²) in [6, 6.07) is 0. The molecule has 0 amide bonds. The summed E-state index contributed by atoms with van der Waals surface area (Å²) in [5.74, 6) is 0. The van der Waals surface area contributed by atoms with Crippen LogP contribution in [0.2, 0.25) is 13.1 Å². The molecule has 1 fully saturated rings. The third kappa shape index (κ3) is 1.93. The number of ether oxygens (including phenoxy) is 1. The highest BCUT2D eigenvalue weighted by Crippen LogP contribution is 2.25. The molecule has 2 nitrogen and oxygen atoms in total. The van der Waals surface area contributed by atoms with Crippen LogP contribution in [0.1, 0.15) is 20.7 Å². The fourth-order valence-electron chi connectivity index (χ4n) is 1.61. The first kappa shape index (κ1) is 9.44. The lowest BCUT2D eigenvalue weighted by Crippen LogP contribution is -2.52. The van der Waals surface area contributed by atoms with Crippen LogP contribution in [0.25, 0.3) is 0 Å². The summed E-state index contributed by atoms with van der Waals surface area (Å²) in [5.41, 5.74) is 0. The second-order valence-electron chi connectivity index (χ2n) is 3.67. The average Bonchev–Trinajstić information content (AvgIpc) is 2.05. The first-order valence-corrected chi connectivity index (χ1v) is 8.60. The molecule has 4 heteroatoms. The molecule has 0 spiro atoms. The minimum atomic E-state index is -1.20. The molecule has 1 rings (SSSR count). The lowest BCUT2D eigenvalue weighted by Gasteiger charge is -2.37. The van der Waals surface area contributed by atoms with Crippen LogP contribution in [0.15, 0.2) is 0 Å². The van der Waals surface area contributed by atoms with E-state index in [1.807, 2.05) is 0 Å². The molecule has 0 aromatic rings. The van der Waals surface area contributed by atoms with Crippen molar-refractivity contribution in [3.8, 4) is 0 Å². The summed E-state index contributed by atoms with van der Waals surface area (Å²) in [5, 5.41) is 0. The summed E-state index contributed by atoms with van der Waals surface area (Å²) < 4.78 is 5.69. The minimum absolute atomic E-state index is 0. The van der Waals surface area contributed by atoms with E-state index in [2.05, 4.69) is 13.1 Å². The van der Waals surface area contributed by atoms with Crippen molar-refractivity contribution in [1.29, 1.82) is 0 Å². The topological polar surface area (TPSA) is 29.1 Å². The number of rotatable bonds is 2. The molecule has 1 radical (unpaired) electrons. The standard InChI is InChI=1S/C7H17O2Si2/c1-11(2)7(10-8)5-3-4-6-9-7/h11H,3-6,10H2,1-2H3/p+1. The molecule has 1 atom stereocenters. The normalized spacial score (nSPS) is 33.8. The van der Waals surface area contributed by atoms with Crippen molar-refractivity contribution in [2.45, 2.75) is 37.2 Å². The van der Waals surface area contributed by atoms with Crippen LogP contribution in [0.5, 0.6) is 0 Å². The Hall–Kier alpha value is 0.354. The van der Waals surface area contributed by atoms with Gasteiger partial charge in [0, 0.05) is 6.61 Å². The Morgan fingerprint density at radius 2 is 2.27 bits per heavy atom. The molecule has 1 aliphatic heterocycles. The highest BCUT2D eigenvalue weighted by atomic mass is 28.3. The Labute approximate surface area is 74.0 Å². The molecule has 0 saturated carbocycles. The third-order valence-electron chi connectivity index (χ3n) is 2.68. The van der Waals surface area contributed by atoms with Gasteiger partial charge in [0.25, 0.3) is 0 Å². The molecule has 1 unspecified atom stereocenters. The monoisotopic (exact) mass is 190 g/mol. The van der Waals surface area contributed by atoms with E-state index in [0.717, 1.165) is 19.4 Å². The van der Waals surface area contributed by atoms with Gasteiger partial charge < -0.3 is 9.53 Å². The van der Waals surface area contributed by atoms with Gasteiger partial charge in [-0.3, -0.25) is 0 Å². The van der Waals surface area contributed by atoms with Gasteiger partial charge in [0.1, 0.15) is 0 Å². The Balaban J connectivity index is 0.00000121. The van der Waals surface area contributed by atoms with E-state index in [4.69, 9.17) is 4.74 Å². The van der Waals surface area contributed by atoms with Gasteiger partial charge in [-0.1, -0.05) is 13.1 Å². The van der Waals surface area contributed by atoms with Crippen LogP contribution < -0.4 is 0 Å². The van der Waals surface area contributed by atoms with Gasteiger partial charge in [-0.25, -0.2) is 0 Å². The predicted molar refractivity (Wildman–Crippen MR) is 51.8 cm³/mol. The van der Waals surface area contributed by atoms with E-state index >= 15 is 0 Å². The number of hydrogen-bond donors (Lipinski definition) is 0. The van der Waals surface area contributed by atoms with Crippen LogP contribution in [0.4, 0.5) is 0 Å². The van der Waals surface area contributed by atoms with Gasteiger partial charge in [-0.2, -0.15) is 0 Å². The van der Waals surface area contributed by atoms with Crippen molar-refractivity contribution in [1.82, 2.24) is 0 Å². The molecular weight excluding hydrogens is 172 g/mol. The van der Waals surface area contributed by atoms with E-state index in [1.54, 1.807) is 0 Å². The lowest BCUT2D eigenvalue weighted by atomic mass is 10.2. The Morgan fingerprint density at radius 3 is 2.55 bits per heavy atom. The van der Waals surface area contributed by atoms with Crippen LogP contribution in [0.3, 0.4) is 0 Å². The molecule has 0 N–H and O–H groups in total. The highest BCUT2D eigenvalue weighted by molar-refractivity contribution is 6.70. The quantitative estimate of drug-likeness (QED) is 0.584. The molecule has 1 aliphatic rings. The van der Waals surface area contributed by atoms with Crippen molar-refractivity contribution >= 4 is 18.6 Å². The van der Waals surface area contributed by atoms with Crippen molar-refractivity contribution in [3.63, 3.8) is 0 Å². The number of hydrogen-bond acceptors (Lipinski definition) is 1. The summed E-state index contributed by atoms with van der Waals surface area (Å²) >= 11 is 0. The van der Waals surface area contributed by atoms with E-state index in [1.165, 1.54) is 6.42 Å². The highest BCUT2D eigenvalue weighted by Gasteiger charge is 2.37. The Bertz CT molecular complexity index is 127. The van der Waals surface area contributed by atoms with Crippen LogP contribution >= 0.6 is 0 Å². The van der Waals surface area contributed by atoms with Crippen LogP contribution in [-0.4, -0.2) is 30.0 Å². The van der Waals surface area contributed by atoms with E-state index in [-0.39, 0.29) is 6.27 Å². The average molecular weight is 190 g/mol. The molecule has 1 heterocycles. The first-order valence-electron chi connectivity index (χ1n) is 4.43. The van der Waals surface area contributed by atoms with Gasteiger partial charge in [-0.15, -0.1) is 0 Å². The third-order valence-corrected chi connectivity index (χ3v) is 9.24. The van der Waals surface area contributed by atoms with Gasteiger partial charge in [-0.05, 0) is 19.3 Å². The Kier molecular flexibility index (Phi) is 3.30.